The third-order valence-electron chi connectivity index (χ3n) is 6.34. The van der Waals surface area contributed by atoms with Gasteiger partial charge in [0.25, 0.3) is 5.56 Å². The van der Waals surface area contributed by atoms with Crippen LogP contribution < -0.4 is 20.3 Å². The van der Waals surface area contributed by atoms with Crippen molar-refractivity contribution in [1.29, 1.82) is 0 Å². The van der Waals surface area contributed by atoms with Crippen molar-refractivity contribution in [2.45, 2.75) is 18.9 Å². The molecule has 0 radical (unpaired) electrons. The maximum atomic E-state index is 14.6. The molecule has 4 aromatic rings. The summed E-state index contributed by atoms with van der Waals surface area (Å²) in [5.74, 6) is -0.634. The normalized spacial score (nSPS) is 15.1. The van der Waals surface area contributed by atoms with Crippen LogP contribution in [0.4, 0.5) is 14.5 Å². The molecule has 1 aliphatic rings. The lowest BCUT2D eigenvalue weighted by molar-refractivity contribution is 0.386. The van der Waals surface area contributed by atoms with Crippen molar-refractivity contribution in [3.63, 3.8) is 0 Å². The Morgan fingerprint density at radius 3 is 2.39 bits per heavy atom. The van der Waals surface area contributed by atoms with Gasteiger partial charge in [0.1, 0.15) is 5.82 Å². The van der Waals surface area contributed by atoms with Crippen LogP contribution in [0, 0.1) is 18.2 Å². The Morgan fingerprint density at radius 1 is 1.06 bits per heavy atom. The first-order valence-corrected chi connectivity index (χ1v) is 11.3. The average molecular weight is 488 g/mol. The van der Waals surface area contributed by atoms with Gasteiger partial charge in [0.2, 0.25) is 0 Å². The van der Waals surface area contributed by atoms with Gasteiger partial charge in [-0.1, -0.05) is 6.07 Å². The van der Waals surface area contributed by atoms with Crippen molar-refractivity contribution in [1.82, 2.24) is 14.9 Å². The number of rotatable bonds is 5. The van der Waals surface area contributed by atoms with Gasteiger partial charge in [-0.3, -0.25) is 9.36 Å². The highest BCUT2D eigenvalue weighted by Gasteiger charge is 2.26. The van der Waals surface area contributed by atoms with Gasteiger partial charge in [0.05, 0.1) is 43.4 Å². The summed E-state index contributed by atoms with van der Waals surface area (Å²) in [6.45, 7) is 8.30. The van der Waals surface area contributed by atoms with Crippen molar-refractivity contribution in [3.05, 3.63) is 87.8 Å². The van der Waals surface area contributed by atoms with E-state index in [2.05, 4.69) is 10.2 Å². The molecule has 5 rings (SSSR count). The molecule has 0 saturated carbocycles. The number of ether oxygens (including phenoxy) is 2. The molecule has 0 spiro atoms. The first-order chi connectivity index (χ1) is 17.4. The first kappa shape index (κ1) is 23.5. The van der Waals surface area contributed by atoms with E-state index in [9.17, 15) is 13.6 Å². The van der Waals surface area contributed by atoms with Crippen LogP contribution in [0.5, 0.6) is 11.5 Å². The number of methoxy groups -OCH3 is 2. The van der Waals surface area contributed by atoms with Crippen LogP contribution in [0.25, 0.3) is 32.6 Å². The zero-order valence-electron chi connectivity index (χ0n) is 19.6. The number of hydrogen-bond acceptors (Lipinski definition) is 5. The number of nitrogens with zero attached hydrogens (tertiary/aromatic N) is 3. The largest absolute Gasteiger partial charge is 0.494 e. The number of aromatic nitrogens is 2. The molecule has 1 saturated heterocycles. The molecule has 1 N–H and O–H groups in total. The van der Waals surface area contributed by atoms with Gasteiger partial charge in [-0.15, -0.1) is 0 Å². The van der Waals surface area contributed by atoms with Crippen LogP contribution >= 0.6 is 0 Å². The van der Waals surface area contributed by atoms with E-state index in [1.165, 1.54) is 49.1 Å². The lowest BCUT2D eigenvalue weighted by atomic mass is 10.0. The molecular formula is C27H22F2N4O3. The topological polar surface area (TPSA) is 69.7 Å². The molecule has 0 aliphatic carbocycles. The molecule has 1 unspecified atom stereocenters. The molecule has 3 aromatic carbocycles. The van der Waals surface area contributed by atoms with E-state index >= 15 is 0 Å². The minimum atomic E-state index is -0.614. The molecule has 36 heavy (non-hydrogen) atoms. The van der Waals surface area contributed by atoms with E-state index in [-0.39, 0.29) is 28.6 Å². The maximum absolute atomic E-state index is 14.6. The number of fused-ring (bicyclic) bond motifs is 1. The quantitative estimate of drug-likeness (QED) is 0.385. The number of halogens is 2. The Labute approximate surface area is 205 Å². The highest BCUT2D eigenvalue weighted by atomic mass is 19.1. The highest BCUT2D eigenvalue weighted by Crippen LogP contribution is 2.35. The fourth-order valence-corrected chi connectivity index (χ4v) is 4.59. The van der Waals surface area contributed by atoms with Gasteiger partial charge in [-0.05, 0) is 66.9 Å². The van der Waals surface area contributed by atoms with Crippen LogP contribution in [0.3, 0.4) is 0 Å². The Balaban J connectivity index is 1.84. The number of nitrogens with one attached hydrogen (secondary N) is 1. The second kappa shape index (κ2) is 9.40. The SMILES string of the molecule is [C-]#[N+]c1cc(-c2ccc(OC)c(F)c2)c2nc(C3CCCN3)n(-c3ccc(OC)c(F)c3)c(=O)c2c1. The molecule has 0 bridgehead atoms. The van der Waals surface area contributed by atoms with Gasteiger partial charge in [-0.2, -0.15) is 0 Å². The fraction of sp³-hybridized carbons (Fsp3) is 0.222. The Kier molecular flexibility index (Phi) is 6.12. The maximum Gasteiger partial charge on any atom is 0.264 e. The summed E-state index contributed by atoms with van der Waals surface area (Å²) >= 11 is 0. The molecular weight excluding hydrogens is 466 g/mol. The predicted molar refractivity (Wildman–Crippen MR) is 132 cm³/mol. The first-order valence-electron chi connectivity index (χ1n) is 11.3. The highest BCUT2D eigenvalue weighted by molar-refractivity contribution is 5.96. The van der Waals surface area contributed by atoms with Gasteiger partial charge >= 0.3 is 0 Å². The van der Waals surface area contributed by atoms with E-state index in [1.807, 2.05) is 0 Å². The van der Waals surface area contributed by atoms with Gasteiger partial charge in [0.15, 0.2) is 28.8 Å². The summed E-state index contributed by atoms with van der Waals surface area (Å²) in [7, 11) is 2.74. The molecule has 182 valence electrons. The third kappa shape index (κ3) is 3.95. The number of hydrogen-bond donors (Lipinski definition) is 1. The summed E-state index contributed by atoms with van der Waals surface area (Å²) in [5.41, 5.74) is 1.28. The molecule has 1 aliphatic heterocycles. The number of benzene rings is 3. The molecule has 1 aromatic heterocycles. The smallest absolute Gasteiger partial charge is 0.264 e. The van der Waals surface area contributed by atoms with Crippen LogP contribution in [0.2, 0.25) is 0 Å². The zero-order chi connectivity index (χ0) is 25.4. The lowest BCUT2D eigenvalue weighted by Crippen LogP contribution is -2.29. The molecule has 0 amide bonds. The molecule has 1 atom stereocenters. The molecule has 2 heterocycles. The minimum Gasteiger partial charge on any atom is -0.494 e. The van der Waals surface area contributed by atoms with E-state index in [0.717, 1.165) is 19.4 Å². The summed E-state index contributed by atoms with van der Waals surface area (Å²) in [6, 6.07) is 11.5. The molecule has 1 fully saturated rings. The molecule has 7 nitrogen and oxygen atoms in total. The fourth-order valence-electron chi connectivity index (χ4n) is 4.59. The van der Waals surface area contributed by atoms with E-state index < -0.39 is 17.2 Å². The van der Waals surface area contributed by atoms with Crippen LogP contribution in [-0.2, 0) is 0 Å². The van der Waals surface area contributed by atoms with Crippen molar-refractivity contribution >= 4 is 16.6 Å². The lowest BCUT2D eigenvalue weighted by Gasteiger charge is -2.20. The second-order valence-corrected chi connectivity index (χ2v) is 8.43. The van der Waals surface area contributed by atoms with E-state index in [0.29, 0.717) is 28.2 Å². The average Bonchev–Trinajstić information content (AvgIpc) is 3.43. The second-order valence-electron chi connectivity index (χ2n) is 8.43. The van der Waals surface area contributed by atoms with E-state index in [1.54, 1.807) is 18.2 Å². The van der Waals surface area contributed by atoms with Crippen molar-refractivity contribution in [2.24, 2.45) is 0 Å². The Bertz CT molecular complexity index is 1590. The van der Waals surface area contributed by atoms with Crippen molar-refractivity contribution < 1.29 is 18.3 Å². The third-order valence-corrected chi connectivity index (χ3v) is 6.34. The predicted octanol–water partition coefficient (Wildman–Crippen LogP) is 5.32. The summed E-state index contributed by atoms with van der Waals surface area (Å²) in [5, 5.41) is 3.53. The van der Waals surface area contributed by atoms with Gasteiger partial charge < -0.3 is 14.8 Å². The minimum absolute atomic E-state index is 0.0557. The van der Waals surface area contributed by atoms with Crippen molar-refractivity contribution in [3.8, 4) is 28.3 Å². The van der Waals surface area contributed by atoms with Crippen molar-refractivity contribution in [2.75, 3.05) is 20.8 Å². The van der Waals surface area contributed by atoms with Gasteiger partial charge in [-0.25, -0.2) is 18.6 Å². The summed E-state index contributed by atoms with van der Waals surface area (Å²) in [6.07, 6.45) is 1.63. The summed E-state index contributed by atoms with van der Waals surface area (Å²) in [4.78, 5) is 22.3. The molecule has 9 heteroatoms. The van der Waals surface area contributed by atoms with E-state index in [4.69, 9.17) is 21.0 Å². The standard InChI is InChI=1S/C27H22F2N4O3/c1-30-16-12-18(15-6-8-23(35-2)20(28)11-15)25-19(13-16)27(34)33(26(32-25)22-5-4-10-31-22)17-7-9-24(36-3)21(29)14-17/h6-9,11-14,22,31H,4-5,10H2,2-3H3. The summed E-state index contributed by atoms with van der Waals surface area (Å²) < 4.78 is 40.6. The Morgan fingerprint density at radius 2 is 1.78 bits per heavy atom. The van der Waals surface area contributed by atoms with Crippen LogP contribution in [-0.4, -0.2) is 30.3 Å². The van der Waals surface area contributed by atoms with Crippen LogP contribution in [0.1, 0.15) is 24.7 Å². The zero-order valence-corrected chi connectivity index (χ0v) is 19.6. The van der Waals surface area contributed by atoms with Crippen LogP contribution in [0.15, 0.2) is 53.3 Å². The monoisotopic (exact) mass is 488 g/mol. The Hall–Kier alpha value is -4.29. The van der Waals surface area contributed by atoms with Gasteiger partial charge in [0, 0.05) is 6.07 Å².